The van der Waals surface area contributed by atoms with Crippen molar-refractivity contribution in [1.29, 1.82) is 0 Å². The highest BCUT2D eigenvalue weighted by atomic mass is 35.5. The maximum absolute atomic E-state index is 5.71. The van der Waals surface area contributed by atoms with Crippen LogP contribution in [0.5, 0.6) is 5.88 Å². The Kier molecular flexibility index (Phi) is 3.84. The number of pyridine rings is 1. The van der Waals surface area contributed by atoms with E-state index in [0.29, 0.717) is 24.1 Å². The number of aromatic nitrogens is 1. The summed E-state index contributed by atoms with van der Waals surface area (Å²) in [6.45, 7) is 1.21. The van der Waals surface area contributed by atoms with Crippen molar-refractivity contribution in [3.63, 3.8) is 0 Å². The van der Waals surface area contributed by atoms with Crippen LogP contribution in [0.3, 0.4) is 0 Å². The van der Waals surface area contributed by atoms with E-state index in [2.05, 4.69) is 4.98 Å². The third-order valence-electron chi connectivity index (χ3n) is 1.30. The topological polar surface area (TPSA) is 48.1 Å². The van der Waals surface area contributed by atoms with Gasteiger partial charge in [-0.1, -0.05) is 11.6 Å². The van der Waals surface area contributed by atoms with Gasteiger partial charge in [0.25, 0.3) is 0 Å². The summed E-state index contributed by atoms with van der Waals surface area (Å²) < 4.78 is 5.25. The van der Waals surface area contributed by atoms with Crippen LogP contribution in [0.2, 0.25) is 5.02 Å². The van der Waals surface area contributed by atoms with E-state index in [4.69, 9.17) is 22.1 Å². The molecule has 0 atom stereocenters. The predicted octanol–water partition coefficient (Wildman–Crippen LogP) is 1.46. The Hall–Kier alpha value is -0.800. The minimum absolute atomic E-state index is 0.552. The fourth-order valence-electron chi connectivity index (χ4n) is 0.724. The maximum Gasteiger partial charge on any atom is 0.214 e. The highest BCUT2D eigenvalue weighted by Gasteiger charge is 1.94. The summed E-state index contributed by atoms with van der Waals surface area (Å²) in [7, 11) is 0. The van der Waals surface area contributed by atoms with Gasteiger partial charge in [-0.25, -0.2) is 4.98 Å². The van der Waals surface area contributed by atoms with Gasteiger partial charge in [0, 0.05) is 17.3 Å². The van der Waals surface area contributed by atoms with Crippen molar-refractivity contribution >= 4 is 11.6 Å². The van der Waals surface area contributed by atoms with E-state index in [0.717, 1.165) is 6.42 Å². The molecule has 0 aromatic carbocycles. The number of hydrogen-bond donors (Lipinski definition) is 1. The van der Waals surface area contributed by atoms with Gasteiger partial charge in [0.05, 0.1) is 6.61 Å². The van der Waals surface area contributed by atoms with Crippen LogP contribution in [0.25, 0.3) is 0 Å². The van der Waals surface area contributed by atoms with Crippen LogP contribution >= 0.6 is 11.6 Å². The lowest BCUT2D eigenvalue weighted by Crippen LogP contribution is -2.06. The summed E-state index contributed by atoms with van der Waals surface area (Å²) >= 11 is 5.71. The molecule has 4 heteroatoms. The Labute approximate surface area is 76.5 Å². The summed E-state index contributed by atoms with van der Waals surface area (Å²) in [6, 6.07) is 3.38. The molecule has 2 N–H and O–H groups in total. The van der Waals surface area contributed by atoms with Gasteiger partial charge >= 0.3 is 0 Å². The predicted molar refractivity (Wildman–Crippen MR) is 48.4 cm³/mol. The standard InChI is InChI=1S/C8H11ClN2O/c9-7-2-4-11-8(6-7)12-5-1-3-10/h2,4,6H,1,3,5,10H2. The summed E-state index contributed by atoms with van der Waals surface area (Å²) in [5, 5.41) is 0.632. The van der Waals surface area contributed by atoms with Gasteiger partial charge in [-0.15, -0.1) is 0 Å². The fourth-order valence-corrected chi connectivity index (χ4v) is 0.874. The first kappa shape index (κ1) is 9.29. The first-order chi connectivity index (χ1) is 5.83. The van der Waals surface area contributed by atoms with Crippen LogP contribution in [-0.4, -0.2) is 18.1 Å². The molecule has 0 saturated carbocycles. The molecule has 0 aliphatic heterocycles. The molecule has 0 spiro atoms. The van der Waals surface area contributed by atoms with Crippen LogP contribution in [0, 0.1) is 0 Å². The van der Waals surface area contributed by atoms with E-state index in [1.54, 1.807) is 18.3 Å². The summed E-state index contributed by atoms with van der Waals surface area (Å²) in [5.41, 5.74) is 5.30. The van der Waals surface area contributed by atoms with E-state index in [1.807, 2.05) is 0 Å². The highest BCUT2D eigenvalue weighted by Crippen LogP contribution is 2.13. The second-order valence-corrected chi connectivity index (χ2v) is 2.74. The number of rotatable bonds is 4. The van der Waals surface area contributed by atoms with Crippen LogP contribution < -0.4 is 10.5 Å². The number of nitrogens with zero attached hydrogens (tertiary/aromatic N) is 1. The minimum Gasteiger partial charge on any atom is -0.478 e. The number of nitrogens with two attached hydrogens (primary N) is 1. The maximum atomic E-state index is 5.71. The molecular formula is C8H11ClN2O. The smallest absolute Gasteiger partial charge is 0.214 e. The van der Waals surface area contributed by atoms with Crippen LogP contribution in [0.4, 0.5) is 0 Å². The zero-order chi connectivity index (χ0) is 8.81. The fraction of sp³-hybridized carbons (Fsp3) is 0.375. The molecule has 3 nitrogen and oxygen atoms in total. The molecule has 0 aliphatic rings. The average molecular weight is 187 g/mol. The van der Waals surface area contributed by atoms with E-state index >= 15 is 0 Å². The van der Waals surface area contributed by atoms with E-state index in [1.165, 1.54) is 0 Å². The van der Waals surface area contributed by atoms with Gasteiger partial charge in [-0.2, -0.15) is 0 Å². The van der Waals surface area contributed by atoms with Crippen LogP contribution in [0.15, 0.2) is 18.3 Å². The van der Waals surface area contributed by atoms with Gasteiger partial charge in [0.1, 0.15) is 0 Å². The van der Waals surface area contributed by atoms with Crippen molar-refractivity contribution in [2.75, 3.05) is 13.2 Å². The van der Waals surface area contributed by atoms with Crippen LogP contribution in [-0.2, 0) is 0 Å². The van der Waals surface area contributed by atoms with Crippen molar-refractivity contribution in [3.8, 4) is 5.88 Å². The van der Waals surface area contributed by atoms with Crippen molar-refractivity contribution in [2.24, 2.45) is 5.73 Å². The van der Waals surface area contributed by atoms with E-state index in [-0.39, 0.29) is 0 Å². The number of hydrogen-bond acceptors (Lipinski definition) is 3. The third kappa shape index (κ3) is 3.07. The van der Waals surface area contributed by atoms with E-state index < -0.39 is 0 Å². The van der Waals surface area contributed by atoms with Crippen molar-refractivity contribution in [3.05, 3.63) is 23.4 Å². The molecule has 0 unspecified atom stereocenters. The second-order valence-electron chi connectivity index (χ2n) is 2.30. The zero-order valence-corrected chi connectivity index (χ0v) is 7.42. The molecular weight excluding hydrogens is 176 g/mol. The molecule has 0 saturated heterocycles. The summed E-state index contributed by atoms with van der Waals surface area (Å²) in [5.74, 6) is 0.552. The molecule has 1 aromatic rings. The first-order valence-electron chi connectivity index (χ1n) is 3.77. The molecule has 0 bridgehead atoms. The first-order valence-corrected chi connectivity index (χ1v) is 4.15. The number of halogens is 1. The molecule has 1 rings (SSSR count). The largest absolute Gasteiger partial charge is 0.478 e. The van der Waals surface area contributed by atoms with Crippen molar-refractivity contribution in [1.82, 2.24) is 4.98 Å². The normalized spacial score (nSPS) is 9.83. The molecule has 1 aromatic heterocycles. The van der Waals surface area contributed by atoms with Crippen molar-refractivity contribution < 1.29 is 4.74 Å². The second kappa shape index (κ2) is 4.95. The van der Waals surface area contributed by atoms with Gasteiger partial charge in [-0.05, 0) is 19.0 Å². The Bertz CT molecular complexity index is 242. The SMILES string of the molecule is NCCCOc1cc(Cl)ccn1. The lowest BCUT2D eigenvalue weighted by atomic mass is 10.4. The Balaban J connectivity index is 2.41. The Morgan fingerprint density at radius 2 is 2.42 bits per heavy atom. The number of ether oxygens (including phenoxy) is 1. The van der Waals surface area contributed by atoms with Gasteiger partial charge < -0.3 is 10.5 Å². The summed E-state index contributed by atoms with van der Waals surface area (Å²) in [4.78, 5) is 3.96. The quantitative estimate of drug-likeness (QED) is 0.725. The highest BCUT2D eigenvalue weighted by molar-refractivity contribution is 6.30. The van der Waals surface area contributed by atoms with Gasteiger partial charge in [-0.3, -0.25) is 0 Å². The third-order valence-corrected chi connectivity index (χ3v) is 1.53. The Morgan fingerprint density at radius 3 is 3.08 bits per heavy atom. The molecule has 0 aliphatic carbocycles. The molecule has 12 heavy (non-hydrogen) atoms. The average Bonchev–Trinajstić information content (AvgIpc) is 2.05. The lowest BCUT2D eigenvalue weighted by Gasteiger charge is -2.02. The van der Waals surface area contributed by atoms with Gasteiger partial charge in [0.2, 0.25) is 5.88 Å². The minimum atomic E-state index is 0.552. The lowest BCUT2D eigenvalue weighted by molar-refractivity contribution is 0.301. The monoisotopic (exact) mass is 186 g/mol. The zero-order valence-electron chi connectivity index (χ0n) is 6.66. The van der Waals surface area contributed by atoms with Gasteiger partial charge in [0.15, 0.2) is 0 Å². The Morgan fingerprint density at radius 1 is 1.58 bits per heavy atom. The van der Waals surface area contributed by atoms with E-state index in [9.17, 15) is 0 Å². The summed E-state index contributed by atoms with van der Waals surface area (Å²) in [6.07, 6.45) is 2.44. The molecule has 0 radical (unpaired) electrons. The molecule has 66 valence electrons. The van der Waals surface area contributed by atoms with Crippen LogP contribution in [0.1, 0.15) is 6.42 Å². The molecule has 0 fully saturated rings. The van der Waals surface area contributed by atoms with Crippen molar-refractivity contribution in [2.45, 2.75) is 6.42 Å². The molecule has 0 amide bonds. The molecule has 1 heterocycles.